The molecule has 2 N–H and O–H groups in total. The maximum atomic E-state index is 12.4. The first-order chi connectivity index (χ1) is 14.7. The van der Waals surface area contributed by atoms with Crippen LogP contribution in [-0.4, -0.2) is 24.7 Å². The minimum absolute atomic E-state index is 0.255. The van der Waals surface area contributed by atoms with Gasteiger partial charge in [-0.1, -0.05) is 71.1 Å². The Labute approximate surface area is 192 Å². The van der Waals surface area contributed by atoms with Crippen LogP contribution in [0.4, 0.5) is 5.00 Å². The van der Waals surface area contributed by atoms with Crippen LogP contribution in [0.15, 0.2) is 0 Å². The van der Waals surface area contributed by atoms with E-state index in [-0.39, 0.29) is 5.97 Å². The molecule has 0 amide bonds. The fourth-order valence-corrected chi connectivity index (χ4v) is 5.66. The fraction of sp³-hybridized carbons (Fsp3) is 0.750. The van der Waals surface area contributed by atoms with Crippen molar-refractivity contribution in [3.05, 3.63) is 16.0 Å². The lowest BCUT2D eigenvalue weighted by Crippen LogP contribution is -2.29. The molecule has 4 nitrogen and oxygen atoms in total. The number of carbonyl (C=O) groups excluding carboxylic acids is 1. The Hall–Kier alpha value is -1.14. The van der Waals surface area contributed by atoms with Crippen molar-refractivity contribution in [2.75, 3.05) is 19.0 Å². The lowest BCUT2D eigenvalue weighted by Gasteiger charge is -2.11. The predicted octanol–water partition coefficient (Wildman–Crippen LogP) is 7.01. The average molecular weight is 453 g/mol. The van der Waals surface area contributed by atoms with Gasteiger partial charge in [0.25, 0.3) is 0 Å². The monoisotopic (exact) mass is 452 g/mol. The third-order valence-electron chi connectivity index (χ3n) is 5.85. The first-order valence-corrected chi connectivity index (χ1v) is 13.2. The second kappa shape index (κ2) is 14.8. The van der Waals surface area contributed by atoms with Gasteiger partial charge in [0.15, 0.2) is 5.11 Å². The molecular weight excluding hydrogens is 412 g/mol. The molecular formula is C24H40N2O2S2. The van der Waals surface area contributed by atoms with Gasteiger partial charge < -0.3 is 15.4 Å². The van der Waals surface area contributed by atoms with Crippen molar-refractivity contribution >= 4 is 39.6 Å². The van der Waals surface area contributed by atoms with Crippen molar-refractivity contribution in [2.24, 2.45) is 0 Å². The molecule has 0 bridgehead atoms. The number of hydrogen-bond donors (Lipinski definition) is 2. The van der Waals surface area contributed by atoms with Crippen LogP contribution in [0, 0.1) is 0 Å². The molecule has 0 spiro atoms. The quantitative estimate of drug-likeness (QED) is 0.146. The van der Waals surface area contributed by atoms with Gasteiger partial charge in [-0.05, 0) is 49.9 Å². The molecule has 1 aromatic rings. The van der Waals surface area contributed by atoms with Crippen LogP contribution in [0.1, 0.15) is 111 Å². The second-order valence-electron chi connectivity index (χ2n) is 8.32. The third-order valence-corrected chi connectivity index (χ3v) is 7.31. The molecule has 6 heteroatoms. The lowest BCUT2D eigenvalue weighted by atomic mass is 10.1. The van der Waals surface area contributed by atoms with E-state index in [0.717, 1.165) is 37.2 Å². The summed E-state index contributed by atoms with van der Waals surface area (Å²) >= 11 is 7.16. The Bertz CT molecular complexity index is 658. The number of thiocarbonyl (C=S) groups is 1. The largest absolute Gasteiger partial charge is 0.465 e. The highest BCUT2D eigenvalue weighted by molar-refractivity contribution is 7.80. The van der Waals surface area contributed by atoms with Crippen molar-refractivity contribution in [1.82, 2.24) is 5.32 Å². The zero-order valence-corrected chi connectivity index (χ0v) is 20.6. The van der Waals surface area contributed by atoms with E-state index in [0.29, 0.717) is 10.7 Å². The van der Waals surface area contributed by atoms with Crippen molar-refractivity contribution < 1.29 is 9.53 Å². The number of thiophene rings is 1. The highest BCUT2D eigenvalue weighted by Gasteiger charge is 2.25. The van der Waals surface area contributed by atoms with E-state index in [1.54, 1.807) is 11.3 Å². The van der Waals surface area contributed by atoms with E-state index < -0.39 is 0 Å². The van der Waals surface area contributed by atoms with E-state index in [2.05, 4.69) is 17.6 Å². The molecule has 170 valence electrons. The zero-order chi connectivity index (χ0) is 21.6. The molecule has 0 radical (unpaired) electrons. The summed E-state index contributed by atoms with van der Waals surface area (Å²) in [5.41, 5.74) is 1.87. The second-order valence-corrected chi connectivity index (χ2v) is 9.84. The van der Waals surface area contributed by atoms with Gasteiger partial charge in [-0.25, -0.2) is 4.79 Å². The Balaban J connectivity index is 1.68. The van der Waals surface area contributed by atoms with Gasteiger partial charge in [0, 0.05) is 11.4 Å². The Kier molecular flexibility index (Phi) is 12.4. The van der Waals surface area contributed by atoms with Gasteiger partial charge in [-0.15, -0.1) is 11.3 Å². The molecule has 0 unspecified atom stereocenters. The number of esters is 1. The van der Waals surface area contributed by atoms with E-state index in [1.807, 2.05) is 0 Å². The number of rotatable bonds is 13. The molecule has 0 fully saturated rings. The van der Waals surface area contributed by atoms with Gasteiger partial charge in [0.05, 0.1) is 12.7 Å². The summed E-state index contributed by atoms with van der Waals surface area (Å²) < 4.78 is 5.06. The number of fused-ring (bicyclic) bond motifs is 1. The standard InChI is InChI=1S/C24H40N2O2S2/c1-3-4-5-6-7-8-9-10-11-15-18-25-24(29)26-22-21(23(27)28-2)19-16-13-12-14-17-20(19)30-22/h3-18H2,1-2H3,(H2,25,26,29). The summed E-state index contributed by atoms with van der Waals surface area (Å²) in [4.78, 5) is 13.7. The van der Waals surface area contributed by atoms with Crippen molar-refractivity contribution in [3.8, 4) is 0 Å². The number of carbonyl (C=O) groups is 1. The Morgan fingerprint density at radius 1 is 0.967 bits per heavy atom. The molecule has 0 aromatic carbocycles. The number of hydrogen-bond acceptors (Lipinski definition) is 4. The van der Waals surface area contributed by atoms with E-state index in [9.17, 15) is 4.79 Å². The number of nitrogens with one attached hydrogen (secondary N) is 2. The molecule has 0 saturated heterocycles. The van der Waals surface area contributed by atoms with Crippen molar-refractivity contribution in [2.45, 2.75) is 103 Å². The van der Waals surface area contributed by atoms with Gasteiger partial charge >= 0.3 is 5.97 Å². The first kappa shape index (κ1) is 25.1. The molecule has 1 aromatic heterocycles. The molecule has 0 atom stereocenters. The number of aryl methyl sites for hydroxylation is 1. The van der Waals surface area contributed by atoms with Crippen LogP contribution in [-0.2, 0) is 17.6 Å². The van der Waals surface area contributed by atoms with Crippen LogP contribution >= 0.6 is 23.6 Å². The molecule has 1 aliphatic carbocycles. The third kappa shape index (κ3) is 8.54. The summed E-state index contributed by atoms with van der Waals surface area (Å²) in [6.45, 7) is 3.14. The number of unbranched alkanes of at least 4 members (excludes halogenated alkanes) is 9. The minimum Gasteiger partial charge on any atom is -0.465 e. The van der Waals surface area contributed by atoms with E-state index >= 15 is 0 Å². The topological polar surface area (TPSA) is 50.4 Å². The summed E-state index contributed by atoms with van der Waals surface area (Å²) in [6, 6.07) is 0. The lowest BCUT2D eigenvalue weighted by molar-refractivity contribution is 0.0601. The Morgan fingerprint density at radius 2 is 1.60 bits per heavy atom. The highest BCUT2D eigenvalue weighted by Crippen LogP contribution is 2.37. The summed E-state index contributed by atoms with van der Waals surface area (Å²) in [7, 11) is 1.45. The molecule has 2 rings (SSSR count). The summed E-state index contributed by atoms with van der Waals surface area (Å²) in [6.07, 6.45) is 18.8. The average Bonchev–Trinajstić information content (AvgIpc) is 2.91. The molecule has 0 saturated carbocycles. The maximum Gasteiger partial charge on any atom is 0.341 e. The molecule has 1 aliphatic rings. The van der Waals surface area contributed by atoms with Gasteiger partial charge in [0.1, 0.15) is 5.00 Å². The summed E-state index contributed by atoms with van der Waals surface area (Å²) in [5, 5.41) is 8.03. The predicted molar refractivity (Wildman–Crippen MR) is 133 cm³/mol. The van der Waals surface area contributed by atoms with E-state index in [4.69, 9.17) is 17.0 Å². The number of anilines is 1. The maximum absolute atomic E-state index is 12.4. The van der Waals surface area contributed by atoms with Gasteiger partial charge in [-0.3, -0.25) is 0 Å². The van der Waals surface area contributed by atoms with Crippen LogP contribution in [0.3, 0.4) is 0 Å². The minimum atomic E-state index is -0.255. The van der Waals surface area contributed by atoms with Gasteiger partial charge in [0.2, 0.25) is 0 Å². The normalized spacial score (nSPS) is 13.4. The van der Waals surface area contributed by atoms with Crippen LogP contribution in [0.25, 0.3) is 0 Å². The number of methoxy groups -OCH3 is 1. The fourth-order valence-electron chi connectivity index (χ4n) is 4.11. The first-order valence-electron chi connectivity index (χ1n) is 11.9. The highest BCUT2D eigenvalue weighted by atomic mass is 32.1. The Morgan fingerprint density at radius 3 is 2.27 bits per heavy atom. The van der Waals surface area contributed by atoms with Gasteiger partial charge in [-0.2, -0.15) is 0 Å². The number of ether oxygens (including phenoxy) is 1. The molecule has 0 aliphatic heterocycles. The zero-order valence-electron chi connectivity index (χ0n) is 18.9. The molecule has 1 heterocycles. The van der Waals surface area contributed by atoms with Crippen molar-refractivity contribution in [1.29, 1.82) is 0 Å². The SMILES string of the molecule is CCCCCCCCCCCCNC(=S)Nc1sc2c(c1C(=O)OC)CCCCC2. The van der Waals surface area contributed by atoms with E-state index in [1.165, 1.54) is 88.2 Å². The van der Waals surface area contributed by atoms with Crippen LogP contribution in [0.2, 0.25) is 0 Å². The smallest absolute Gasteiger partial charge is 0.341 e. The molecule has 30 heavy (non-hydrogen) atoms. The van der Waals surface area contributed by atoms with Crippen LogP contribution < -0.4 is 10.6 Å². The van der Waals surface area contributed by atoms with Crippen molar-refractivity contribution in [3.63, 3.8) is 0 Å². The van der Waals surface area contributed by atoms with Crippen LogP contribution in [0.5, 0.6) is 0 Å². The summed E-state index contributed by atoms with van der Waals surface area (Å²) in [5.74, 6) is -0.255.